The molecule has 126 valence electrons. The minimum atomic E-state index is -1.05. The highest BCUT2D eigenvalue weighted by Gasteiger charge is 2.12. The highest BCUT2D eigenvalue weighted by atomic mass is 79.9. The van der Waals surface area contributed by atoms with E-state index in [9.17, 15) is 9.18 Å². The average molecular weight is 416 g/mol. The minimum absolute atomic E-state index is 0.123. The Balaban J connectivity index is 2.24. The lowest BCUT2D eigenvalue weighted by Crippen LogP contribution is -2.00. The molecule has 0 saturated carbocycles. The van der Waals surface area contributed by atoms with Crippen molar-refractivity contribution in [1.82, 2.24) is 0 Å². The van der Waals surface area contributed by atoms with Crippen LogP contribution in [0.5, 0.6) is 11.5 Å². The summed E-state index contributed by atoms with van der Waals surface area (Å²) in [6, 6.07) is 7.40. The second-order valence-electron chi connectivity index (χ2n) is 4.73. The van der Waals surface area contributed by atoms with Crippen molar-refractivity contribution in [2.24, 2.45) is 0 Å². The number of aliphatic carboxylic acids is 1. The summed E-state index contributed by atoms with van der Waals surface area (Å²) in [5, 5.41) is 8.96. The molecule has 2 rings (SSSR count). The fourth-order valence-corrected chi connectivity index (χ4v) is 2.73. The quantitative estimate of drug-likeness (QED) is 0.680. The molecule has 0 unspecified atom stereocenters. The molecule has 0 bridgehead atoms. The number of rotatable bonds is 6. The second kappa shape index (κ2) is 8.17. The van der Waals surface area contributed by atoms with Gasteiger partial charge < -0.3 is 14.6 Å². The van der Waals surface area contributed by atoms with Gasteiger partial charge >= 0.3 is 5.97 Å². The lowest BCUT2D eigenvalue weighted by atomic mass is 10.2. The van der Waals surface area contributed by atoms with E-state index in [0.717, 1.165) is 6.08 Å². The molecule has 0 heterocycles. The first-order valence-corrected chi connectivity index (χ1v) is 7.93. The van der Waals surface area contributed by atoms with Gasteiger partial charge in [0.1, 0.15) is 12.4 Å². The van der Waals surface area contributed by atoms with E-state index in [1.54, 1.807) is 18.2 Å². The monoisotopic (exact) mass is 414 g/mol. The van der Waals surface area contributed by atoms with Crippen LogP contribution < -0.4 is 9.47 Å². The predicted octanol–water partition coefficient (Wildman–Crippen LogP) is 4.93. The summed E-state index contributed by atoms with van der Waals surface area (Å²) in [7, 11) is 1.48. The summed E-state index contributed by atoms with van der Waals surface area (Å²) in [6.07, 6.45) is 2.47. The SMILES string of the molecule is COc1cc(/C=C/C(=O)O)cc(Br)c1OCc1ccc(F)cc1Cl. The Bertz CT molecular complexity index is 792. The lowest BCUT2D eigenvalue weighted by Gasteiger charge is -2.14. The van der Waals surface area contributed by atoms with Gasteiger partial charge in [-0.1, -0.05) is 17.7 Å². The fraction of sp³-hybridized carbons (Fsp3) is 0.118. The average Bonchev–Trinajstić information content (AvgIpc) is 2.52. The van der Waals surface area contributed by atoms with Crippen LogP contribution in [0.1, 0.15) is 11.1 Å². The van der Waals surface area contributed by atoms with Crippen molar-refractivity contribution >= 4 is 39.6 Å². The van der Waals surface area contributed by atoms with Gasteiger partial charge in [0.2, 0.25) is 0 Å². The summed E-state index contributed by atoms with van der Waals surface area (Å²) in [6.45, 7) is 0.123. The lowest BCUT2D eigenvalue weighted by molar-refractivity contribution is -0.131. The van der Waals surface area contributed by atoms with Crippen LogP contribution in [-0.2, 0) is 11.4 Å². The molecule has 0 aliphatic rings. The first-order chi connectivity index (χ1) is 11.4. The summed E-state index contributed by atoms with van der Waals surface area (Å²) < 4.78 is 24.7. The van der Waals surface area contributed by atoms with E-state index in [2.05, 4.69) is 15.9 Å². The third-order valence-electron chi connectivity index (χ3n) is 3.06. The maximum Gasteiger partial charge on any atom is 0.328 e. The molecule has 2 aromatic carbocycles. The molecule has 0 saturated heterocycles. The fourth-order valence-electron chi connectivity index (χ4n) is 1.93. The molecule has 7 heteroatoms. The Labute approximate surface area is 151 Å². The zero-order valence-corrected chi connectivity index (χ0v) is 14.9. The summed E-state index contributed by atoms with van der Waals surface area (Å²) in [5.74, 6) is -0.605. The summed E-state index contributed by atoms with van der Waals surface area (Å²) in [5.41, 5.74) is 1.26. The number of carboxylic acids is 1. The Morgan fingerprint density at radius 1 is 1.38 bits per heavy atom. The highest BCUT2D eigenvalue weighted by Crippen LogP contribution is 2.37. The third-order valence-corrected chi connectivity index (χ3v) is 4.00. The molecular formula is C17H13BrClFO4. The van der Waals surface area contributed by atoms with Crippen LogP contribution in [0.3, 0.4) is 0 Å². The number of carbonyl (C=O) groups is 1. The largest absolute Gasteiger partial charge is 0.493 e. The molecule has 4 nitrogen and oxygen atoms in total. The van der Waals surface area contributed by atoms with Crippen LogP contribution in [0.15, 0.2) is 40.9 Å². The Kier molecular flexibility index (Phi) is 6.23. The summed E-state index contributed by atoms with van der Waals surface area (Å²) in [4.78, 5) is 10.6. The number of carboxylic acid groups (broad SMARTS) is 1. The van der Waals surface area contributed by atoms with E-state index in [4.69, 9.17) is 26.2 Å². The zero-order chi connectivity index (χ0) is 17.7. The molecule has 0 aliphatic heterocycles. The standard InChI is InChI=1S/C17H13BrClFO4/c1-23-15-7-10(2-5-16(21)22)6-13(18)17(15)24-9-11-3-4-12(20)8-14(11)19/h2-8H,9H2,1H3,(H,21,22)/b5-2+. The number of halogens is 3. The predicted molar refractivity (Wildman–Crippen MR) is 93.1 cm³/mol. The van der Waals surface area contributed by atoms with Gasteiger partial charge in [-0.05, 0) is 51.8 Å². The van der Waals surface area contributed by atoms with Gasteiger partial charge in [-0.15, -0.1) is 0 Å². The number of hydrogen-bond acceptors (Lipinski definition) is 3. The van der Waals surface area contributed by atoms with Gasteiger partial charge in [-0.2, -0.15) is 0 Å². The molecule has 0 aromatic heterocycles. The van der Waals surface area contributed by atoms with E-state index >= 15 is 0 Å². The van der Waals surface area contributed by atoms with E-state index < -0.39 is 11.8 Å². The van der Waals surface area contributed by atoms with Crippen LogP contribution in [0.2, 0.25) is 5.02 Å². The van der Waals surface area contributed by atoms with Crippen LogP contribution >= 0.6 is 27.5 Å². The van der Waals surface area contributed by atoms with Gasteiger partial charge in [0.25, 0.3) is 0 Å². The maximum absolute atomic E-state index is 13.1. The number of benzene rings is 2. The van der Waals surface area contributed by atoms with Crippen molar-refractivity contribution in [2.45, 2.75) is 6.61 Å². The molecule has 0 fully saturated rings. The van der Waals surface area contributed by atoms with Crippen LogP contribution in [0, 0.1) is 5.82 Å². The van der Waals surface area contributed by atoms with E-state index in [0.29, 0.717) is 27.1 Å². The van der Waals surface area contributed by atoms with Gasteiger partial charge in [0, 0.05) is 11.6 Å². The molecule has 0 atom stereocenters. The van der Waals surface area contributed by atoms with Gasteiger partial charge in [-0.25, -0.2) is 9.18 Å². The van der Waals surface area contributed by atoms with Crippen molar-refractivity contribution in [3.05, 3.63) is 62.8 Å². The number of methoxy groups -OCH3 is 1. The van der Waals surface area contributed by atoms with Gasteiger partial charge in [-0.3, -0.25) is 0 Å². The topological polar surface area (TPSA) is 55.8 Å². The first-order valence-electron chi connectivity index (χ1n) is 6.76. The minimum Gasteiger partial charge on any atom is -0.493 e. The first kappa shape index (κ1) is 18.3. The van der Waals surface area contributed by atoms with Crippen molar-refractivity contribution in [2.75, 3.05) is 7.11 Å². The third kappa shape index (κ3) is 4.72. The van der Waals surface area contributed by atoms with Gasteiger partial charge in [0.15, 0.2) is 11.5 Å². The van der Waals surface area contributed by atoms with Crippen molar-refractivity contribution in [3.63, 3.8) is 0 Å². The molecular weight excluding hydrogens is 403 g/mol. The number of ether oxygens (including phenoxy) is 2. The van der Waals surface area contributed by atoms with Crippen molar-refractivity contribution < 1.29 is 23.8 Å². The molecule has 0 radical (unpaired) electrons. The molecule has 24 heavy (non-hydrogen) atoms. The molecule has 0 aliphatic carbocycles. The molecule has 2 aromatic rings. The number of hydrogen-bond donors (Lipinski definition) is 1. The van der Waals surface area contributed by atoms with Crippen LogP contribution in [0.25, 0.3) is 6.08 Å². The van der Waals surface area contributed by atoms with Gasteiger partial charge in [0.05, 0.1) is 16.6 Å². The van der Waals surface area contributed by atoms with Crippen molar-refractivity contribution in [1.29, 1.82) is 0 Å². The van der Waals surface area contributed by atoms with Crippen LogP contribution in [0.4, 0.5) is 4.39 Å². The normalized spacial score (nSPS) is 10.8. The van der Waals surface area contributed by atoms with E-state index in [-0.39, 0.29) is 11.6 Å². The molecule has 1 N–H and O–H groups in total. The summed E-state index contributed by atoms with van der Waals surface area (Å²) >= 11 is 9.35. The smallest absolute Gasteiger partial charge is 0.328 e. The highest BCUT2D eigenvalue weighted by molar-refractivity contribution is 9.10. The molecule has 0 spiro atoms. The van der Waals surface area contributed by atoms with E-state index in [1.165, 1.54) is 25.3 Å². The van der Waals surface area contributed by atoms with Crippen molar-refractivity contribution in [3.8, 4) is 11.5 Å². The Morgan fingerprint density at radius 3 is 2.75 bits per heavy atom. The zero-order valence-electron chi connectivity index (χ0n) is 12.6. The Hall–Kier alpha value is -2.05. The van der Waals surface area contributed by atoms with E-state index in [1.807, 2.05) is 0 Å². The Morgan fingerprint density at radius 2 is 2.12 bits per heavy atom. The second-order valence-corrected chi connectivity index (χ2v) is 5.99. The molecule has 0 amide bonds. The maximum atomic E-state index is 13.1. The van der Waals surface area contributed by atoms with Crippen LogP contribution in [-0.4, -0.2) is 18.2 Å².